The van der Waals surface area contributed by atoms with E-state index in [1.165, 1.54) is 6.08 Å². The molecule has 8 heteroatoms. The lowest BCUT2D eigenvalue weighted by Crippen LogP contribution is -2.41. The maximum atomic E-state index is 11.7. The van der Waals surface area contributed by atoms with E-state index >= 15 is 0 Å². The van der Waals surface area contributed by atoms with Gasteiger partial charge >= 0.3 is 11.9 Å². The highest BCUT2D eigenvalue weighted by Gasteiger charge is 2.22. The molecule has 114 valence electrons. The monoisotopic (exact) mass is 295 g/mol. The van der Waals surface area contributed by atoms with Crippen LogP contribution in [0.5, 0.6) is 0 Å². The number of amides is 1. The summed E-state index contributed by atoms with van der Waals surface area (Å²) >= 11 is 0. The Morgan fingerprint density at radius 3 is 2.38 bits per heavy atom. The second kappa shape index (κ2) is 6.69. The smallest absolute Gasteiger partial charge is 0.326 e. The molecule has 0 fully saturated rings. The minimum Gasteiger partial charge on any atom is -0.481 e. The summed E-state index contributed by atoms with van der Waals surface area (Å²) in [6.07, 6.45) is 2.00. The van der Waals surface area contributed by atoms with Crippen LogP contribution in [0.15, 0.2) is 6.08 Å². The minimum atomic E-state index is -1.46. The zero-order chi connectivity index (χ0) is 16.2. The molecule has 1 aromatic rings. The van der Waals surface area contributed by atoms with Gasteiger partial charge < -0.3 is 15.5 Å². The van der Waals surface area contributed by atoms with E-state index in [1.54, 1.807) is 18.7 Å². The van der Waals surface area contributed by atoms with Crippen molar-refractivity contribution in [2.75, 3.05) is 0 Å². The fraction of sp³-hybridized carbons (Fsp3) is 0.385. The molecule has 1 rings (SSSR count). The number of aryl methyl sites for hydroxylation is 2. The number of nitrogens with zero attached hydrogens (tertiary/aromatic N) is 2. The van der Waals surface area contributed by atoms with Crippen LogP contribution in [0.1, 0.15) is 23.4 Å². The lowest BCUT2D eigenvalue weighted by Gasteiger charge is -2.10. The first-order valence-corrected chi connectivity index (χ1v) is 6.15. The molecule has 0 bridgehead atoms. The van der Waals surface area contributed by atoms with Crippen molar-refractivity contribution in [3.8, 4) is 0 Å². The summed E-state index contributed by atoms with van der Waals surface area (Å²) in [4.78, 5) is 33.0. The van der Waals surface area contributed by atoms with Crippen LogP contribution >= 0.6 is 0 Å². The standard InChI is InChI=1S/C13H17N3O5/c1-7-9(8(2)16(3)15-7)4-5-11(17)14-10(13(20)21)6-12(18)19/h4-5,10H,6H2,1-3H3,(H,14,17)(H,18,19)(H,20,21)/b5-4+/t10-/m1/s1. The molecule has 0 radical (unpaired) electrons. The van der Waals surface area contributed by atoms with Crippen molar-refractivity contribution in [2.45, 2.75) is 26.3 Å². The molecule has 8 nitrogen and oxygen atoms in total. The van der Waals surface area contributed by atoms with E-state index < -0.39 is 30.3 Å². The predicted molar refractivity (Wildman–Crippen MR) is 73.5 cm³/mol. The molecule has 1 aromatic heterocycles. The summed E-state index contributed by atoms with van der Waals surface area (Å²) in [5.74, 6) is -3.37. The average molecular weight is 295 g/mol. The van der Waals surface area contributed by atoms with Crippen molar-refractivity contribution in [3.63, 3.8) is 0 Å². The molecule has 1 heterocycles. The van der Waals surface area contributed by atoms with Gasteiger partial charge in [0, 0.05) is 24.4 Å². The van der Waals surface area contributed by atoms with E-state index in [0.717, 1.165) is 23.0 Å². The number of aliphatic carboxylic acids is 2. The molecule has 0 aliphatic heterocycles. The third-order valence-electron chi connectivity index (χ3n) is 2.96. The van der Waals surface area contributed by atoms with Gasteiger partial charge in [-0.25, -0.2) is 4.79 Å². The van der Waals surface area contributed by atoms with Crippen molar-refractivity contribution in [2.24, 2.45) is 7.05 Å². The van der Waals surface area contributed by atoms with Crippen molar-refractivity contribution in [3.05, 3.63) is 23.0 Å². The molecule has 1 atom stereocenters. The van der Waals surface area contributed by atoms with E-state index in [0.29, 0.717) is 0 Å². The van der Waals surface area contributed by atoms with Gasteiger partial charge in [-0.15, -0.1) is 0 Å². The lowest BCUT2D eigenvalue weighted by molar-refractivity contribution is -0.146. The number of nitrogens with one attached hydrogen (secondary N) is 1. The number of hydrogen-bond donors (Lipinski definition) is 3. The fourth-order valence-corrected chi connectivity index (χ4v) is 1.78. The van der Waals surface area contributed by atoms with Crippen LogP contribution < -0.4 is 5.32 Å². The maximum absolute atomic E-state index is 11.7. The molecule has 0 aliphatic carbocycles. The summed E-state index contributed by atoms with van der Waals surface area (Å²) in [7, 11) is 1.77. The van der Waals surface area contributed by atoms with Gasteiger partial charge in [-0.2, -0.15) is 5.10 Å². The molecule has 0 aliphatic rings. The maximum Gasteiger partial charge on any atom is 0.326 e. The zero-order valence-corrected chi connectivity index (χ0v) is 12.0. The van der Waals surface area contributed by atoms with E-state index in [2.05, 4.69) is 10.4 Å². The highest BCUT2D eigenvalue weighted by atomic mass is 16.4. The van der Waals surface area contributed by atoms with E-state index in [4.69, 9.17) is 10.2 Å². The molecule has 3 N–H and O–H groups in total. The van der Waals surface area contributed by atoms with Gasteiger partial charge in [0.1, 0.15) is 6.04 Å². The van der Waals surface area contributed by atoms with Gasteiger partial charge in [-0.3, -0.25) is 14.3 Å². The van der Waals surface area contributed by atoms with E-state index in [9.17, 15) is 14.4 Å². The Kier molecular flexibility index (Phi) is 5.23. The highest BCUT2D eigenvalue weighted by molar-refractivity contribution is 5.95. The normalized spacial score (nSPS) is 12.3. The van der Waals surface area contributed by atoms with Crippen molar-refractivity contribution in [1.29, 1.82) is 0 Å². The summed E-state index contributed by atoms with van der Waals surface area (Å²) in [5.41, 5.74) is 2.36. The zero-order valence-electron chi connectivity index (χ0n) is 12.0. The van der Waals surface area contributed by atoms with Crippen molar-refractivity contribution < 1.29 is 24.6 Å². The number of hydrogen-bond acceptors (Lipinski definition) is 4. The Morgan fingerprint density at radius 1 is 1.33 bits per heavy atom. The molecular weight excluding hydrogens is 278 g/mol. The van der Waals surface area contributed by atoms with Crippen LogP contribution in [0.2, 0.25) is 0 Å². The number of carboxylic acid groups (broad SMARTS) is 2. The molecule has 0 saturated heterocycles. The second-order valence-electron chi connectivity index (χ2n) is 4.54. The van der Waals surface area contributed by atoms with Gasteiger partial charge in [-0.1, -0.05) is 0 Å². The van der Waals surface area contributed by atoms with Crippen LogP contribution in [0.4, 0.5) is 0 Å². The Labute approximate surface area is 121 Å². The molecule has 0 saturated carbocycles. The number of aromatic nitrogens is 2. The Bertz CT molecular complexity index is 603. The van der Waals surface area contributed by atoms with Crippen LogP contribution in [0, 0.1) is 13.8 Å². The third kappa shape index (κ3) is 4.44. The van der Waals surface area contributed by atoms with Crippen LogP contribution in [-0.4, -0.2) is 43.9 Å². The number of carbonyl (C=O) groups is 3. The average Bonchev–Trinajstić information content (AvgIpc) is 2.60. The van der Waals surface area contributed by atoms with Gasteiger partial charge in [-0.05, 0) is 19.9 Å². The summed E-state index contributed by atoms with van der Waals surface area (Å²) in [6.45, 7) is 3.62. The number of rotatable bonds is 6. The van der Waals surface area contributed by atoms with Crippen molar-refractivity contribution in [1.82, 2.24) is 15.1 Å². The number of carbonyl (C=O) groups excluding carboxylic acids is 1. The molecule has 21 heavy (non-hydrogen) atoms. The van der Waals surface area contributed by atoms with Gasteiger partial charge in [0.05, 0.1) is 12.1 Å². The van der Waals surface area contributed by atoms with Crippen LogP contribution in [-0.2, 0) is 21.4 Å². The first-order chi connectivity index (χ1) is 9.72. The fourth-order valence-electron chi connectivity index (χ4n) is 1.78. The van der Waals surface area contributed by atoms with Gasteiger partial charge in [0.25, 0.3) is 0 Å². The molecule has 0 unspecified atom stereocenters. The van der Waals surface area contributed by atoms with Crippen molar-refractivity contribution >= 4 is 23.9 Å². The topological polar surface area (TPSA) is 122 Å². The van der Waals surface area contributed by atoms with Gasteiger partial charge in [0.2, 0.25) is 5.91 Å². The first-order valence-electron chi connectivity index (χ1n) is 6.15. The molecule has 0 aromatic carbocycles. The molecule has 1 amide bonds. The third-order valence-corrected chi connectivity index (χ3v) is 2.96. The summed E-state index contributed by atoms with van der Waals surface area (Å²) < 4.78 is 1.66. The Balaban J connectivity index is 2.78. The summed E-state index contributed by atoms with van der Waals surface area (Å²) in [6, 6.07) is -1.46. The highest BCUT2D eigenvalue weighted by Crippen LogP contribution is 2.13. The first kappa shape index (κ1) is 16.4. The Hall–Kier alpha value is -2.64. The quantitative estimate of drug-likeness (QED) is 0.640. The summed E-state index contributed by atoms with van der Waals surface area (Å²) in [5, 5.41) is 23.7. The van der Waals surface area contributed by atoms with Gasteiger partial charge in [0.15, 0.2) is 0 Å². The molecular formula is C13H17N3O5. The lowest BCUT2D eigenvalue weighted by atomic mass is 10.1. The number of carboxylic acids is 2. The van der Waals surface area contributed by atoms with E-state index in [1.807, 2.05) is 6.92 Å². The van der Waals surface area contributed by atoms with E-state index in [-0.39, 0.29) is 0 Å². The van der Waals surface area contributed by atoms with Crippen LogP contribution in [0.25, 0.3) is 6.08 Å². The SMILES string of the molecule is Cc1nn(C)c(C)c1/C=C/C(=O)N[C@H](CC(=O)O)C(=O)O. The second-order valence-corrected chi connectivity index (χ2v) is 4.54. The predicted octanol–water partition coefficient (Wildman–Crippen LogP) is 0.0942. The van der Waals surface area contributed by atoms with Crippen LogP contribution in [0.3, 0.4) is 0 Å². The minimum absolute atomic E-state index is 0.675. The Morgan fingerprint density at radius 2 is 1.95 bits per heavy atom. The largest absolute Gasteiger partial charge is 0.481 e. The molecule has 0 spiro atoms.